The van der Waals surface area contributed by atoms with E-state index in [1.54, 1.807) is 30.4 Å². The Balaban J connectivity index is 2.05. The van der Waals surface area contributed by atoms with Gasteiger partial charge in [0.05, 0.1) is 12.2 Å². The molecule has 0 saturated carbocycles. The lowest BCUT2D eigenvalue weighted by Gasteiger charge is -2.21. The summed E-state index contributed by atoms with van der Waals surface area (Å²) in [7, 11) is 0. The van der Waals surface area contributed by atoms with Crippen LogP contribution in [0.3, 0.4) is 0 Å². The van der Waals surface area contributed by atoms with E-state index in [1.165, 1.54) is 0 Å². The van der Waals surface area contributed by atoms with Crippen LogP contribution in [0.5, 0.6) is 0 Å². The minimum absolute atomic E-state index is 0.226. The SMILES string of the molecule is Cc1nc(NCC(C)(F)c2ccccc2)sc1C. The van der Waals surface area contributed by atoms with Gasteiger partial charge in [0.2, 0.25) is 0 Å². The van der Waals surface area contributed by atoms with E-state index in [1.807, 2.05) is 32.0 Å². The van der Waals surface area contributed by atoms with Gasteiger partial charge >= 0.3 is 0 Å². The Morgan fingerprint density at radius 3 is 2.50 bits per heavy atom. The highest BCUT2D eigenvalue weighted by molar-refractivity contribution is 7.15. The highest BCUT2D eigenvalue weighted by atomic mass is 32.1. The van der Waals surface area contributed by atoms with Crippen LogP contribution < -0.4 is 5.32 Å². The Morgan fingerprint density at radius 2 is 1.94 bits per heavy atom. The quantitative estimate of drug-likeness (QED) is 0.901. The van der Waals surface area contributed by atoms with Gasteiger partial charge in [0.15, 0.2) is 5.13 Å². The van der Waals surface area contributed by atoms with Crippen molar-refractivity contribution in [2.24, 2.45) is 0 Å². The summed E-state index contributed by atoms with van der Waals surface area (Å²) in [5.41, 5.74) is 0.291. The van der Waals surface area contributed by atoms with Gasteiger partial charge in [0.1, 0.15) is 5.67 Å². The van der Waals surface area contributed by atoms with Crippen molar-refractivity contribution in [3.63, 3.8) is 0 Å². The summed E-state index contributed by atoms with van der Waals surface area (Å²) in [6, 6.07) is 9.20. The van der Waals surface area contributed by atoms with E-state index >= 15 is 0 Å². The minimum atomic E-state index is -1.39. The van der Waals surface area contributed by atoms with Gasteiger partial charge in [-0.05, 0) is 26.3 Å². The maximum absolute atomic E-state index is 14.5. The van der Waals surface area contributed by atoms with E-state index in [-0.39, 0.29) is 6.54 Å². The molecule has 0 amide bonds. The molecule has 1 heterocycles. The highest BCUT2D eigenvalue weighted by Gasteiger charge is 2.25. The molecule has 0 saturated heterocycles. The summed E-state index contributed by atoms with van der Waals surface area (Å²) in [4.78, 5) is 5.51. The van der Waals surface area contributed by atoms with Crippen molar-refractivity contribution in [1.29, 1.82) is 0 Å². The number of benzene rings is 1. The van der Waals surface area contributed by atoms with Gasteiger partial charge in [-0.15, -0.1) is 11.3 Å². The zero-order chi connectivity index (χ0) is 13.2. The maximum Gasteiger partial charge on any atom is 0.183 e. The molecule has 1 aromatic carbocycles. The summed E-state index contributed by atoms with van der Waals surface area (Å²) in [5, 5.41) is 3.86. The molecule has 2 nitrogen and oxygen atoms in total. The van der Waals surface area contributed by atoms with Crippen LogP contribution in [0.15, 0.2) is 30.3 Å². The standard InChI is InChI=1S/C14H17FN2S/c1-10-11(2)18-13(17-10)16-9-14(3,15)12-7-5-4-6-8-12/h4-8H,9H2,1-3H3,(H,16,17). The fraction of sp³-hybridized carbons (Fsp3) is 0.357. The van der Waals surface area contributed by atoms with E-state index in [2.05, 4.69) is 10.3 Å². The van der Waals surface area contributed by atoms with Crippen molar-refractivity contribution in [2.75, 3.05) is 11.9 Å². The van der Waals surface area contributed by atoms with Crippen LogP contribution >= 0.6 is 11.3 Å². The molecule has 18 heavy (non-hydrogen) atoms. The Morgan fingerprint density at radius 1 is 1.28 bits per heavy atom. The van der Waals surface area contributed by atoms with Crippen molar-refractivity contribution < 1.29 is 4.39 Å². The Kier molecular flexibility index (Phi) is 3.66. The fourth-order valence-corrected chi connectivity index (χ4v) is 2.49. The number of aromatic nitrogens is 1. The predicted molar refractivity (Wildman–Crippen MR) is 75.0 cm³/mol. The van der Waals surface area contributed by atoms with Crippen LogP contribution in [0.25, 0.3) is 0 Å². The summed E-state index contributed by atoms with van der Waals surface area (Å²) >= 11 is 1.56. The highest BCUT2D eigenvalue weighted by Crippen LogP contribution is 2.27. The molecule has 1 unspecified atom stereocenters. The number of nitrogens with zero attached hydrogens (tertiary/aromatic N) is 1. The molecule has 0 aliphatic carbocycles. The normalized spacial score (nSPS) is 14.2. The van der Waals surface area contributed by atoms with Gasteiger partial charge in [0, 0.05) is 4.88 Å². The van der Waals surface area contributed by atoms with Crippen LogP contribution in [0.1, 0.15) is 23.1 Å². The monoisotopic (exact) mass is 264 g/mol. The third-order valence-electron chi connectivity index (χ3n) is 2.98. The van der Waals surface area contributed by atoms with Gasteiger partial charge in [-0.1, -0.05) is 30.3 Å². The maximum atomic E-state index is 14.5. The first kappa shape index (κ1) is 13.0. The summed E-state index contributed by atoms with van der Waals surface area (Å²) in [6.45, 7) is 5.79. The predicted octanol–water partition coefficient (Wildman–Crippen LogP) is 4.06. The zero-order valence-corrected chi connectivity index (χ0v) is 11.6. The van der Waals surface area contributed by atoms with Crippen molar-refractivity contribution >= 4 is 16.5 Å². The minimum Gasteiger partial charge on any atom is -0.358 e. The number of hydrogen-bond donors (Lipinski definition) is 1. The number of halogens is 1. The Bertz CT molecular complexity index is 500. The second-order valence-corrected chi connectivity index (χ2v) is 5.78. The van der Waals surface area contributed by atoms with Crippen LogP contribution in [-0.2, 0) is 5.67 Å². The Hall–Kier alpha value is -1.42. The van der Waals surface area contributed by atoms with Gasteiger partial charge in [-0.2, -0.15) is 0 Å². The van der Waals surface area contributed by atoms with E-state index in [0.717, 1.165) is 15.7 Å². The largest absolute Gasteiger partial charge is 0.358 e. The van der Waals surface area contributed by atoms with Crippen molar-refractivity contribution in [1.82, 2.24) is 4.98 Å². The van der Waals surface area contributed by atoms with Crippen LogP contribution in [-0.4, -0.2) is 11.5 Å². The number of alkyl halides is 1. The van der Waals surface area contributed by atoms with Gasteiger partial charge in [0.25, 0.3) is 0 Å². The molecule has 0 spiro atoms. The van der Waals surface area contributed by atoms with Crippen molar-refractivity contribution in [2.45, 2.75) is 26.4 Å². The topological polar surface area (TPSA) is 24.9 Å². The van der Waals surface area contributed by atoms with E-state index < -0.39 is 5.67 Å². The molecule has 0 bridgehead atoms. The molecular weight excluding hydrogens is 247 g/mol. The van der Waals surface area contributed by atoms with E-state index in [9.17, 15) is 4.39 Å². The average Bonchev–Trinajstić information content (AvgIpc) is 2.68. The second kappa shape index (κ2) is 5.06. The third-order valence-corrected chi connectivity index (χ3v) is 4.01. The molecule has 1 N–H and O–H groups in total. The van der Waals surface area contributed by atoms with E-state index in [0.29, 0.717) is 5.56 Å². The van der Waals surface area contributed by atoms with Crippen LogP contribution in [0, 0.1) is 13.8 Å². The summed E-state index contributed by atoms with van der Waals surface area (Å²) in [6.07, 6.45) is 0. The lowest BCUT2D eigenvalue weighted by Crippen LogP contribution is -2.26. The lowest BCUT2D eigenvalue weighted by atomic mass is 9.98. The molecule has 0 radical (unpaired) electrons. The molecule has 1 aromatic heterocycles. The van der Waals surface area contributed by atoms with Gasteiger partial charge in [-0.3, -0.25) is 0 Å². The molecular formula is C14H17FN2S. The van der Waals surface area contributed by atoms with Crippen LogP contribution in [0.4, 0.5) is 9.52 Å². The number of thiazole rings is 1. The first-order valence-electron chi connectivity index (χ1n) is 5.91. The molecule has 2 aromatic rings. The number of nitrogens with one attached hydrogen (secondary N) is 1. The smallest absolute Gasteiger partial charge is 0.183 e. The first-order valence-corrected chi connectivity index (χ1v) is 6.73. The fourth-order valence-electron chi connectivity index (χ4n) is 1.68. The molecule has 2 rings (SSSR count). The van der Waals surface area contributed by atoms with Crippen LogP contribution in [0.2, 0.25) is 0 Å². The van der Waals surface area contributed by atoms with Crippen molar-refractivity contribution in [3.8, 4) is 0 Å². The molecule has 4 heteroatoms. The lowest BCUT2D eigenvalue weighted by molar-refractivity contribution is 0.210. The van der Waals surface area contributed by atoms with Gasteiger partial charge in [-0.25, -0.2) is 9.37 Å². The summed E-state index contributed by atoms with van der Waals surface area (Å²) < 4.78 is 14.5. The molecule has 0 aliphatic rings. The number of rotatable bonds is 4. The molecule has 1 atom stereocenters. The third kappa shape index (κ3) is 2.88. The van der Waals surface area contributed by atoms with Gasteiger partial charge < -0.3 is 5.32 Å². The second-order valence-electron chi connectivity index (χ2n) is 4.58. The molecule has 0 aliphatic heterocycles. The first-order chi connectivity index (χ1) is 8.49. The summed E-state index contributed by atoms with van der Waals surface area (Å²) in [5.74, 6) is 0. The zero-order valence-electron chi connectivity index (χ0n) is 10.8. The average molecular weight is 264 g/mol. The Labute approximate surface area is 111 Å². The molecule has 0 fully saturated rings. The number of anilines is 1. The van der Waals surface area contributed by atoms with E-state index in [4.69, 9.17) is 0 Å². The molecule has 96 valence electrons. The van der Waals surface area contributed by atoms with Crippen molar-refractivity contribution in [3.05, 3.63) is 46.5 Å². The number of hydrogen-bond acceptors (Lipinski definition) is 3. The number of aryl methyl sites for hydroxylation is 2.